The smallest absolute Gasteiger partial charge is 0.330 e. The third-order valence-corrected chi connectivity index (χ3v) is 6.02. The Labute approximate surface area is 205 Å². The Morgan fingerprint density at radius 3 is 2.11 bits per heavy atom. The van der Waals surface area contributed by atoms with Crippen LogP contribution in [-0.2, 0) is 19.1 Å². The molecule has 2 amide bonds. The van der Waals surface area contributed by atoms with E-state index in [0.29, 0.717) is 18.8 Å². The van der Waals surface area contributed by atoms with Crippen molar-refractivity contribution < 1.29 is 28.7 Å². The molecular weight excluding hydrogens is 446 g/mol. The van der Waals surface area contributed by atoms with Gasteiger partial charge < -0.3 is 9.47 Å². The average molecular weight is 478 g/mol. The number of hydrogen-bond donors (Lipinski definition) is 0. The molecule has 0 radical (unpaired) electrons. The number of nitrogens with zero attached hydrogens (tertiary/aromatic N) is 1. The van der Waals surface area contributed by atoms with Gasteiger partial charge in [-0.05, 0) is 48.9 Å². The molecule has 1 aliphatic rings. The molecular formula is C28H31NO6. The molecule has 7 nitrogen and oxygen atoms in total. The number of benzene rings is 2. The maximum atomic E-state index is 12.6. The molecule has 0 N–H and O–H groups in total. The number of ether oxygens (including phenoxy) is 2. The van der Waals surface area contributed by atoms with Crippen LogP contribution >= 0.6 is 0 Å². The minimum atomic E-state index is -0.561. The van der Waals surface area contributed by atoms with Gasteiger partial charge in [0.05, 0.1) is 19.1 Å². The van der Waals surface area contributed by atoms with Crippen molar-refractivity contribution in [3.05, 3.63) is 66.7 Å². The number of esters is 1. The highest BCUT2D eigenvalue weighted by Crippen LogP contribution is 2.26. The van der Waals surface area contributed by atoms with Crippen molar-refractivity contribution in [2.45, 2.75) is 38.5 Å². The Morgan fingerprint density at radius 2 is 1.54 bits per heavy atom. The second-order valence-corrected chi connectivity index (χ2v) is 8.56. The molecule has 0 aliphatic carbocycles. The zero-order valence-electron chi connectivity index (χ0n) is 20.0. The van der Waals surface area contributed by atoms with E-state index in [2.05, 4.69) is 6.58 Å². The van der Waals surface area contributed by atoms with Crippen molar-refractivity contribution in [1.29, 1.82) is 0 Å². The lowest BCUT2D eigenvalue weighted by atomic mass is 9.95. The van der Waals surface area contributed by atoms with Crippen molar-refractivity contribution in [3.63, 3.8) is 0 Å². The van der Waals surface area contributed by atoms with Gasteiger partial charge in [-0.2, -0.15) is 0 Å². The first-order valence-electron chi connectivity index (χ1n) is 11.8. The molecule has 1 atom stereocenters. The molecule has 1 unspecified atom stereocenters. The molecule has 3 rings (SSSR count). The quantitative estimate of drug-likeness (QED) is 0.138. The van der Waals surface area contributed by atoms with Crippen LogP contribution in [0.2, 0.25) is 0 Å². The highest BCUT2D eigenvalue weighted by molar-refractivity contribution is 6.06. The fraction of sp³-hybridized carbons (Fsp3) is 0.357. The van der Waals surface area contributed by atoms with Gasteiger partial charge in [0.25, 0.3) is 0 Å². The zero-order valence-corrected chi connectivity index (χ0v) is 20.0. The molecule has 1 fully saturated rings. The molecule has 1 heterocycles. The Morgan fingerprint density at radius 1 is 0.943 bits per heavy atom. The number of imide groups is 1. The second kappa shape index (κ2) is 12.6. The largest absolute Gasteiger partial charge is 0.494 e. The minimum absolute atomic E-state index is 0.0447. The number of unbranched alkanes of at least 4 members (excludes halogenated alkanes) is 3. The third kappa shape index (κ3) is 7.37. The lowest BCUT2D eigenvalue weighted by Gasteiger charge is -2.09. The molecule has 0 aromatic heterocycles. The standard InChI is InChI=1S/C28H31NO6/c1-3-27(32)35-17-7-5-4-6-16-34-24-14-12-21(13-15-24)20-8-10-22(11-9-20)25(30)18-23-19-26(31)29(2)28(23)33/h3,8-15,23H,1,4-7,16-19H2,2H3. The monoisotopic (exact) mass is 477 g/mol. The molecule has 35 heavy (non-hydrogen) atoms. The Bertz CT molecular complexity index is 1060. The van der Waals surface area contributed by atoms with E-state index in [1.807, 2.05) is 36.4 Å². The number of hydrogen-bond acceptors (Lipinski definition) is 6. The summed E-state index contributed by atoms with van der Waals surface area (Å²) in [6.07, 6.45) is 5.02. The van der Waals surface area contributed by atoms with Gasteiger partial charge in [0, 0.05) is 31.5 Å². The topological polar surface area (TPSA) is 90.0 Å². The predicted molar refractivity (Wildman–Crippen MR) is 132 cm³/mol. The van der Waals surface area contributed by atoms with E-state index >= 15 is 0 Å². The SMILES string of the molecule is C=CC(=O)OCCCCCCOc1ccc(-c2ccc(C(=O)CC3CC(=O)N(C)C3=O)cc2)cc1. The van der Waals surface area contributed by atoms with Gasteiger partial charge in [-0.3, -0.25) is 19.3 Å². The minimum Gasteiger partial charge on any atom is -0.494 e. The van der Waals surface area contributed by atoms with Gasteiger partial charge in [-0.1, -0.05) is 43.0 Å². The first-order valence-corrected chi connectivity index (χ1v) is 11.8. The van der Waals surface area contributed by atoms with E-state index in [4.69, 9.17) is 9.47 Å². The van der Waals surface area contributed by atoms with Crippen LogP contribution in [0.15, 0.2) is 61.2 Å². The number of likely N-dealkylation sites (tertiary alicyclic amines) is 1. The summed E-state index contributed by atoms with van der Waals surface area (Å²) in [6.45, 7) is 4.40. The van der Waals surface area contributed by atoms with Crippen LogP contribution in [-0.4, -0.2) is 48.7 Å². The van der Waals surface area contributed by atoms with E-state index in [1.54, 1.807) is 12.1 Å². The van der Waals surface area contributed by atoms with E-state index in [1.165, 1.54) is 13.1 Å². The summed E-state index contributed by atoms with van der Waals surface area (Å²) in [5, 5.41) is 0. The number of carbonyl (C=O) groups excluding carboxylic acids is 4. The molecule has 0 bridgehead atoms. The number of carbonyl (C=O) groups is 4. The Balaban J connectivity index is 1.41. The molecule has 184 valence electrons. The summed E-state index contributed by atoms with van der Waals surface area (Å²) in [4.78, 5) is 48.3. The third-order valence-electron chi connectivity index (χ3n) is 6.02. The van der Waals surface area contributed by atoms with Gasteiger partial charge in [-0.15, -0.1) is 0 Å². The molecule has 7 heteroatoms. The molecule has 1 saturated heterocycles. The van der Waals surface area contributed by atoms with Crippen LogP contribution in [0.4, 0.5) is 0 Å². The van der Waals surface area contributed by atoms with E-state index < -0.39 is 5.92 Å². The number of Topliss-reactive ketones (excluding diaryl/α,β-unsaturated/α-hetero) is 1. The van der Waals surface area contributed by atoms with E-state index in [0.717, 1.165) is 47.5 Å². The van der Waals surface area contributed by atoms with Gasteiger partial charge in [0.1, 0.15) is 5.75 Å². The summed E-state index contributed by atoms with van der Waals surface area (Å²) in [6, 6.07) is 15.0. The van der Waals surface area contributed by atoms with Crippen LogP contribution in [0.25, 0.3) is 11.1 Å². The fourth-order valence-corrected chi connectivity index (χ4v) is 3.90. The molecule has 2 aromatic carbocycles. The summed E-state index contributed by atoms with van der Waals surface area (Å²) in [7, 11) is 1.45. The van der Waals surface area contributed by atoms with Crippen LogP contribution in [0.1, 0.15) is 48.9 Å². The first kappa shape index (κ1) is 25.9. The normalized spacial score (nSPS) is 15.2. The highest BCUT2D eigenvalue weighted by Gasteiger charge is 2.37. The molecule has 2 aromatic rings. The van der Waals surface area contributed by atoms with Crippen LogP contribution in [0.3, 0.4) is 0 Å². The van der Waals surface area contributed by atoms with Gasteiger partial charge >= 0.3 is 5.97 Å². The maximum absolute atomic E-state index is 12.6. The van der Waals surface area contributed by atoms with Gasteiger partial charge in [-0.25, -0.2) is 4.79 Å². The van der Waals surface area contributed by atoms with Crippen LogP contribution < -0.4 is 4.74 Å². The first-order chi connectivity index (χ1) is 16.9. The van der Waals surface area contributed by atoms with Gasteiger partial charge in [0.2, 0.25) is 11.8 Å². The van der Waals surface area contributed by atoms with Crippen molar-refractivity contribution in [1.82, 2.24) is 4.90 Å². The molecule has 1 aliphatic heterocycles. The van der Waals surface area contributed by atoms with Crippen molar-refractivity contribution in [2.24, 2.45) is 5.92 Å². The summed E-state index contributed by atoms with van der Waals surface area (Å²) >= 11 is 0. The second-order valence-electron chi connectivity index (χ2n) is 8.56. The molecule has 0 spiro atoms. The maximum Gasteiger partial charge on any atom is 0.330 e. The number of rotatable bonds is 13. The molecule has 0 saturated carbocycles. The fourth-order valence-electron chi connectivity index (χ4n) is 3.90. The van der Waals surface area contributed by atoms with Crippen LogP contribution in [0, 0.1) is 5.92 Å². The summed E-state index contributed by atoms with van der Waals surface area (Å²) < 4.78 is 10.7. The lowest BCUT2D eigenvalue weighted by molar-refractivity contribution is -0.138. The summed E-state index contributed by atoms with van der Waals surface area (Å²) in [5.74, 6) is -0.812. The van der Waals surface area contributed by atoms with Crippen LogP contribution in [0.5, 0.6) is 5.75 Å². The average Bonchev–Trinajstić information content (AvgIpc) is 3.12. The van der Waals surface area contributed by atoms with Crippen molar-refractivity contribution in [2.75, 3.05) is 20.3 Å². The van der Waals surface area contributed by atoms with E-state index in [-0.39, 0.29) is 36.4 Å². The predicted octanol–water partition coefficient (Wildman–Crippen LogP) is 4.60. The summed E-state index contributed by atoms with van der Waals surface area (Å²) in [5.41, 5.74) is 2.50. The van der Waals surface area contributed by atoms with Gasteiger partial charge in [0.15, 0.2) is 5.78 Å². The number of ketones is 1. The highest BCUT2D eigenvalue weighted by atomic mass is 16.5. The van der Waals surface area contributed by atoms with E-state index in [9.17, 15) is 19.2 Å². The Hall–Kier alpha value is -3.74. The lowest BCUT2D eigenvalue weighted by Crippen LogP contribution is -2.26. The van der Waals surface area contributed by atoms with Crippen molar-refractivity contribution in [3.8, 4) is 16.9 Å². The number of amides is 2. The zero-order chi connectivity index (χ0) is 25.2. The Kier molecular flexibility index (Phi) is 9.35. The van der Waals surface area contributed by atoms with Crippen molar-refractivity contribution >= 4 is 23.6 Å².